The van der Waals surface area contributed by atoms with Gasteiger partial charge in [0.15, 0.2) is 0 Å². The van der Waals surface area contributed by atoms with Crippen LogP contribution in [0, 0.1) is 6.92 Å². The molecule has 0 radical (unpaired) electrons. The number of fused-ring (bicyclic) bond motifs is 3. The van der Waals surface area contributed by atoms with Crippen LogP contribution in [0.2, 0.25) is 0 Å². The number of H-pyrrole nitrogens is 1. The van der Waals surface area contributed by atoms with Crippen molar-refractivity contribution < 1.29 is 17.4 Å². The largest absolute Gasteiger partial charge is 0.497 e. The summed E-state index contributed by atoms with van der Waals surface area (Å²) in [6.45, 7) is 3.25. The number of methoxy groups -OCH3 is 1. The molecule has 0 aliphatic carbocycles. The molecule has 1 N–H and O–H groups in total. The van der Waals surface area contributed by atoms with Crippen LogP contribution >= 0.6 is 0 Å². The van der Waals surface area contributed by atoms with Crippen LogP contribution in [0.3, 0.4) is 0 Å². The van der Waals surface area contributed by atoms with Gasteiger partial charge in [0.1, 0.15) is 15.6 Å². The molecule has 0 spiro atoms. The van der Waals surface area contributed by atoms with E-state index in [-0.39, 0.29) is 16.7 Å². The maximum atomic E-state index is 13.4. The average Bonchev–Trinajstić information content (AvgIpc) is 3.25. The highest BCUT2D eigenvalue weighted by molar-refractivity contribution is 8.64. The Balaban J connectivity index is 1.50. The summed E-state index contributed by atoms with van der Waals surface area (Å²) in [4.78, 5) is 5.83. The minimum absolute atomic E-state index is 0.00775. The maximum absolute atomic E-state index is 13.4. The van der Waals surface area contributed by atoms with Gasteiger partial charge in [-0.1, -0.05) is 48.0 Å². The lowest BCUT2D eigenvalue weighted by Crippen LogP contribution is -2.38. The van der Waals surface area contributed by atoms with E-state index in [1.54, 1.807) is 19.2 Å². The standard InChI is InChI=1S/C27H28N2O4S2/c1-19-7-13-22(14-8-19)35(31,32)34(30)18-26-27-24(23-5-3-4-6-25(23)28-27)15-16-29(26)17-20-9-11-21(33-2)12-10-20/h3-14,26,28H,15-18H2,1-2H3/t26-,34-/m0/s1. The van der Waals surface area contributed by atoms with Crippen molar-refractivity contribution in [1.82, 2.24) is 9.88 Å². The lowest BCUT2D eigenvalue weighted by atomic mass is 9.97. The molecule has 1 aliphatic rings. The molecule has 182 valence electrons. The van der Waals surface area contributed by atoms with E-state index in [1.165, 1.54) is 17.7 Å². The second-order valence-electron chi connectivity index (χ2n) is 8.88. The van der Waals surface area contributed by atoms with Crippen LogP contribution in [0.15, 0.2) is 77.7 Å². The van der Waals surface area contributed by atoms with Crippen LogP contribution < -0.4 is 4.74 Å². The zero-order valence-electron chi connectivity index (χ0n) is 19.7. The van der Waals surface area contributed by atoms with Crippen molar-refractivity contribution in [3.63, 3.8) is 0 Å². The molecule has 4 aromatic rings. The third-order valence-corrected chi connectivity index (χ3v) is 11.0. The minimum atomic E-state index is -3.98. The number of nitrogens with zero attached hydrogens (tertiary/aromatic N) is 1. The third-order valence-electron chi connectivity index (χ3n) is 6.66. The van der Waals surface area contributed by atoms with E-state index in [1.807, 2.05) is 49.4 Å². The highest BCUT2D eigenvalue weighted by Crippen LogP contribution is 2.36. The fourth-order valence-electron chi connectivity index (χ4n) is 4.74. The predicted octanol–water partition coefficient (Wildman–Crippen LogP) is 4.72. The molecule has 1 aromatic heterocycles. The number of aryl methyl sites for hydroxylation is 1. The zero-order chi connectivity index (χ0) is 24.6. The normalized spacial score (nSPS) is 17.3. The Morgan fingerprint density at radius 3 is 2.46 bits per heavy atom. The minimum Gasteiger partial charge on any atom is -0.497 e. The van der Waals surface area contributed by atoms with Crippen molar-refractivity contribution in [3.05, 3.63) is 95.2 Å². The molecule has 8 heteroatoms. The summed E-state index contributed by atoms with van der Waals surface area (Å²) in [7, 11) is -4.45. The Bertz CT molecular complexity index is 1480. The number of aromatic amines is 1. The van der Waals surface area contributed by atoms with Crippen LogP contribution in [0.25, 0.3) is 10.9 Å². The number of benzene rings is 3. The van der Waals surface area contributed by atoms with E-state index in [2.05, 4.69) is 16.0 Å². The molecule has 0 unspecified atom stereocenters. The van der Waals surface area contributed by atoms with Crippen LogP contribution in [-0.2, 0) is 31.7 Å². The molecule has 2 heterocycles. The van der Waals surface area contributed by atoms with Gasteiger partial charge in [-0.15, -0.1) is 0 Å². The first-order valence-electron chi connectivity index (χ1n) is 11.5. The monoisotopic (exact) mass is 508 g/mol. The van der Waals surface area contributed by atoms with Crippen molar-refractivity contribution in [3.8, 4) is 5.75 Å². The Hall–Kier alpha value is -2.94. The van der Waals surface area contributed by atoms with E-state index in [0.29, 0.717) is 6.54 Å². The van der Waals surface area contributed by atoms with Crippen LogP contribution in [0.4, 0.5) is 0 Å². The van der Waals surface area contributed by atoms with E-state index < -0.39 is 18.7 Å². The molecule has 5 rings (SSSR count). The summed E-state index contributed by atoms with van der Waals surface area (Å²) in [5, 5.41) is 1.14. The van der Waals surface area contributed by atoms with Crippen molar-refractivity contribution >= 4 is 29.6 Å². The Morgan fingerprint density at radius 2 is 1.74 bits per heavy atom. The second kappa shape index (κ2) is 9.60. The molecular weight excluding hydrogens is 480 g/mol. The van der Waals surface area contributed by atoms with Gasteiger partial charge in [-0.2, -0.15) is 0 Å². The van der Waals surface area contributed by atoms with Gasteiger partial charge < -0.3 is 9.72 Å². The Kier molecular flexibility index (Phi) is 6.53. The molecule has 0 saturated heterocycles. The van der Waals surface area contributed by atoms with Crippen molar-refractivity contribution in [2.45, 2.75) is 30.8 Å². The van der Waals surface area contributed by atoms with Gasteiger partial charge in [0.25, 0.3) is 8.87 Å². The number of aromatic nitrogens is 1. The van der Waals surface area contributed by atoms with Gasteiger partial charge in [0.05, 0.1) is 23.8 Å². The van der Waals surface area contributed by atoms with E-state index in [0.717, 1.165) is 46.4 Å². The van der Waals surface area contributed by atoms with E-state index in [9.17, 15) is 12.6 Å². The van der Waals surface area contributed by atoms with Crippen molar-refractivity contribution in [2.75, 3.05) is 19.4 Å². The molecule has 35 heavy (non-hydrogen) atoms. The average molecular weight is 509 g/mol. The topological polar surface area (TPSA) is 79.5 Å². The molecule has 0 fully saturated rings. The molecule has 3 aromatic carbocycles. The van der Waals surface area contributed by atoms with E-state index in [4.69, 9.17) is 4.74 Å². The number of rotatable bonds is 7. The van der Waals surface area contributed by atoms with Crippen molar-refractivity contribution in [1.29, 1.82) is 0 Å². The Labute approximate surface area is 207 Å². The quantitative estimate of drug-likeness (QED) is 0.366. The molecular formula is C27H28N2O4S2. The SMILES string of the molecule is COc1ccc(CN2CCc3c([nH]c4ccccc34)[C@@H]2C[S@@](=O)S(=O)(=O)c2ccc(C)cc2)cc1. The zero-order valence-corrected chi connectivity index (χ0v) is 21.4. The third kappa shape index (κ3) is 4.66. The first-order valence-corrected chi connectivity index (χ1v) is 14.9. The van der Waals surface area contributed by atoms with Crippen LogP contribution in [0.5, 0.6) is 5.75 Å². The number of ether oxygens (including phenoxy) is 1. The fraction of sp³-hybridized carbons (Fsp3) is 0.259. The molecule has 0 bridgehead atoms. The van der Waals surface area contributed by atoms with Crippen LogP contribution in [0.1, 0.15) is 28.4 Å². The summed E-state index contributed by atoms with van der Waals surface area (Å²) >= 11 is 0. The molecule has 6 nitrogen and oxygen atoms in total. The first-order chi connectivity index (χ1) is 16.9. The van der Waals surface area contributed by atoms with Crippen molar-refractivity contribution in [2.24, 2.45) is 0 Å². The number of para-hydroxylation sites is 1. The summed E-state index contributed by atoms with van der Waals surface area (Å²) in [5.41, 5.74) is 5.19. The molecule has 0 saturated carbocycles. The Morgan fingerprint density at radius 1 is 1.03 bits per heavy atom. The number of hydrogen-bond acceptors (Lipinski definition) is 5. The van der Waals surface area contributed by atoms with Crippen LogP contribution in [-0.4, -0.2) is 41.9 Å². The van der Waals surface area contributed by atoms with Gasteiger partial charge in [0, 0.05) is 29.7 Å². The van der Waals surface area contributed by atoms with Gasteiger partial charge in [-0.05, 0) is 54.8 Å². The fourth-order valence-corrected chi connectivity index (χ4v) is 8.14. The molecule has 1 aliphatic heterocycles. The summed E-state index contributed by atoms with van der Waals surface area (Å²) in [6, 6.07) is 22.2. The van der Waals surface area contributed by atoms with Gasteiger partial charge in [0.2, 0.25) is 0 Å². The number of nitrogens with one attached hydrogen (secondary N) is 1. The van der Waals surface area contributed by atoms with E-state index >= 15 is 0 Å². The van der Waals surface area contributed by atoms with Gasteiger partial charge in [-0.3, -0.25) is 4.90 Å². The summed E-state index contributed by atoms with van der Waals surface area (Å²) in [5.74, 6) is 0.777. The molecule has 0 amide bonds. The van der Waals surface area contributed by atoms with Gasteiger partial charge >= 0.3 is 0 Å². The maximum Gasteiger partial charge on any atom is 0.257 e. The number of hydrogen-bond donors (Lipinski definition) is 1. The lowest BCUT2D eigenvalue weighted by Gasteiger charge is -2.35. The first kappa shape index (κ1) is 23.8. The predicted molar refractivity (Wildman–Crippen MR) is 140 cm³/mol. The van der Waals surface area contributed by atoms with Gasteiger partial charge in [-0.25, -0.2) is 12.6 Å². The smallest absolute Gasteiger partial charge is 0.257 e. The highest BCUT2D eigenvalue weighted by Gasteiger charge is 2.35. The lowest BCUT2D eigenvalue weighted by molar-refractivity contribution is 0.190. The summed E-state index contributed by atoms with van der Waals surface area (Å²) in [6.07, 6.45) is 0.837. The highest BCUT2D eigenvalue weighted by atomic mass is 33.2. The summed E-state index contributed by atoms with van der Waals surface area (Å²) < 4.78 is 45.1. The molecule has 2 atom stereocenters. The second-order valence-corrected chi connectivity index (χ2v) is 13.6.